The SMILES string of the molecule is CCC(=O)CC.Fc1[nH]nnc1-c1ccccc1. The van der Waals surface area contributed by atoms with Crippen molar-refractivity contribution >= 4 is 5.78 Å². The van der Waals surface area contributed by atoms with E-state index in [0.29, 0.717) is 18.6 Å². The van der Waals surface area contributed by atoms with Crippen molar-refractivity contribution in [1.29, 1.82) is 0 Å². The quantitative estimate of drug-likeness (QED) is 0.909. The minimum Gasteiger partial charge on any atom is -0.300 e. The van der Waals surface area contributed by atoms with E-state index in [0.717, 1.165) is 5.56 Å². The molecule has 2 rings (SSSR count). The molecule has 0 aliphatic rings. The average molecular weight is 249 g/mol. The van der Waals surface area contributed by atoms with Crippen molar-refractivity contribution in [2.24, 2.45) is 0 Å². The number of carbonyl (C=O) groups excluding carboxylic acids is 1. The van der Waals surface area contributed by atoms with E-state index >= 15 is 0 Å². The number of H-pyrrole nitrogens is 1. The molecule has 0 bridgehead atoms. The summed E-state index contributed by atoms with van der Waals surface area (Å²) in [5.74, 6) is -0.156. The molecule has 18 heavy (non-hydrogen) atoms. The summed E-state index contributed by atoms with van der Waals surface area (Å²) in [6, 6.07) is 9.07. The second-order valence-corrected chi connectivity index (χ2v) is 3.59. The van der Waals surface area contributed by atoms with Crippen LogP contribution in [0, 0.1) is 5.95 Å². The maximum atomic E-state index is 12.9. The van der Waals surface area contributed by atoms with Crippen LogP contribution >= 0.6 is 0 Å². The number of benzene rings is 1. The number of halogens is 1. The van der Waals surface area contributed by atoms with Crippen LogP contribution in [-0.2, 0) is 4.79 Å². The van der Waals surface area contributed by atoms with Crippen molar-refractivity contribution in [2.45, 2.75) is 26.7 Å². The molecule has 0 radical (unpaired) electrons. The van der Waals surface area contributed by atoms with Gasteiger partial charge in [-0.25, -0.2) is 5.10 Å². The predicted molar refractivity (Wildman–Crippen MR) is 67.4 cm³/mol. The van der Waals surface area contributed by atoms with E-state index in [9.17, 15) is 9.18 Å². The first-order chi connectivity index (χ1) is 8.69. The molecule has 0 spiro atoms. The molecule has 0 saturated heterocycles. The van der Waals surface area contributed by atoms with Crippen LogP contribution in [0.1, 0.15) is 26.7 Å². The number of hydrogen-bond donors (Lipinski definition) is 1. The lowest BCUT2D eigenvalue weighted by atomic mass is 10.2. The number of ketones is 1. The van der Waals surface area contributed by atoms with Gasteiger partial charge in [0.1, 0.15) is 11.5 Å². The van der Waals surface area contributed by atoms with Crippen molar-refractivity contribution in [3.63, 3.8) is 0 Å². The molecular weight excluding hydrogens is 233 g/mol. The van der Waals surface area contributed by atoms with Gasteiger partial charge in [0, 0.05) is 18.4 Å². The van der Waals surface area contributed by atoms with E-state index in [1.165, 1.54) is 0 Å². The lowest BCUT2D eigenvalue weighted by molar-refractivity contribution is -0.118. The first kappa shape index (κ1) is 14.0. The Morgan fingerprint density at radius 1 is 1.22 bits per heavy atom. The van der Waals surface area contributed by atoms with Gasteiger partial charge in [-0.15, -0.1) is 5.10 Å². The number of Topliss-reactive ketones (excluding diaryl/α,β-unsaturated/α-hetero) is 1. The summed E-state index contributed by atoms with van der Waals surface area (Å²) in [4.78, 5) is 10.2. The van der Waals surface area contributed by atoms with Gasteiger partial charge in [0.2, 0.25) is 5.95 Å². The van der Waals surface area contributed by atoms with Crippen LogP contribution in [0.5, 0.6) is 0 Å². The first-order valence-corrected chi connectivity index (χ1v) is 5.82. The van der Waals surface area contributed by atoms with Gasteiger partial charge in [0.05, 0.1) is 0 Å². The molecule has 1 N–H and O–H groups in total. The van der Waals surface area contributed by atoms with Gasteiger partial charge in [0.15, 0.2) is 0 Å². The predicted octanol–water partition coefficient (Wildman–Crippen LogP) is 2.99. The zero-order chi connectivity index (χ0) is 13.4. The van der Waals surface area contributed by atoms with Crippen LogP contribution in [0.3, 0.4) is 0 Å². The van der Waals surface area contributed by atoms with Gasteiger partial charge in [-0.2, -0.15) is 4.39 Å². The lowest BCUT2D eigenvalue weighted by Crippen LogP contribution is -1.88. The maximum Gasteiger partial charge on any atom is 0.237 e. The highest BCUT2D eigenvalue weighted by molar-refractivity contribution is 5.77. The minimum absolute atomic E-state index is 0.260. The van der Waals surface area contributed by atoms with E-state index in [-0.39, 0.29) is 5.69 Å². The first-order valence-electron chi connectivity index (χ1n) is 5.82. The van der Waals surface area contributed by atoms with E-state index in [1.54, 1.807) is 12.1 Å². The Balaban J connectivity index is 0.000000232. The normalized spacial score (nSPS) is 9.50. The van der Waals surface area contributed by atoms with Crippen molar-refractivity contribution in [2.75, 3.05) is 0 Å². The van der Waals surface area contributed by atoms with Crippen LogP contribution < -0.4 is 0 Å². The molecule has 1 heterocycles. The largest absolute Gasteiger partial charge is 0.300 e. The molecule has 4 nitrogen and oxygen atoms in total. The zero-order valence-electron chi connectivity index (χ0n) is 10.5. The smallest absolute Gasteiger partial charge is 0.237 e. The van der Waals surface area contributed by atoms with Gasteiger partial charge in [-0.05, 0) is 0 Å². The van der Waals surface area contributed by atoms with E-state index in [4.69, 9.17) is 0 Å². The Labute approximate surface area is 105 Å². The molecule has 0 saturated carbocycles. The highest BCUT2D eigenvalue weighted by Gasteiger charge is 2.06. The zero-order valence-corrected chi connectivity index (χ0v) is 10.5. The Hall–Kier alpha value is -2.04. The maximum absolute atomic E-state index is 12.9. The number of rotatable bonds is 3. The van der Waals surface area contributed by atoms with E-state index < -0.39 is 5.95 Å². The molecule has 0 unspecified atom stereocenters. The van der Waals surface area contributed by atoms with Crippen LogP contribution in [0.15, 0.2) is 30.3 Å². The number of nitrogens with one attached hydrogen (secondary N) is 1. The molecule has 5 heteroatoms. The second-order valence-electron chi connectivity index (χ2n) is 3.59. The fourth-order valence-electron chi connectivity index (χ4n) is 1.25. The molecule has 2 aromatic rings. The second kappa shape index (κ2) is 7.32. The average Bonchev–Trinajstić information content (AvgIpc) is 2.86. The van der Waals surface area contributed by atoms with Crippen LogP contribution in [-0.4, -0.2) is 21.2 Å². The molecular formula is C13H16FN3O. The number of carbonyl (C=O) groups is 1. The molecule has 0 amide bonds. The van der Waals surface area contributed by atoms with Crippen molar-refractivity contribution < 1.29 is 9.18 Å². The third kappa shape index (κ3) is 4.08. The fourth-order valence-corrected chi connectivity index (χ4v) is 1.25. The lowest BCUT2D eigenvalue weighted by Gasteiger charge is -1.92. The summed E-state index contributed by atoms with van der Waals surface area (Å²) in [7, 11) is 0. The number of aromatic nitrogens is 3. The Kier molecular flexibility index (Phi) is 5.70. The van der Waals surface area contributed by atoms with Crippen molar-refractivity contribution in [3.05, 3.63) is 36.3 Å². The van der Waals surface area contributed by atoms with Gasteiger partial charge in [-0.3, -0.25) is 4.79 Å². The molecule has 0 fully saturated rings. The molecule has 0 aliphatic carbocycles. The fraction of sp³-hybridized carbons (Fsp3) is 0.308. The van der Waals surface area contributed by atoms with Gasteiger partial charge < -0.3 is 0 Å². The third-order valence-corrected chi connectivity index (χ3v) is 2.34. The number of aromatic amines is 1. The minimum atomic E-state index is -0.499. The highest BCUT2D eigenvalue weighted by Crippen LogP contribution is 2.16. The molecule has 1 aromatic carbocycles. The summed E-state index contributed by atoms with van der Waals surface area (Å²) in [5, 5.41) is 9.09. The molecule has 0 aliphatic heterocycles. The molecule has 0 atom stereocenters. The Morgan fingerprint density at radius 2 is 1.83 bits per heavy atom. The van der Waals surface area contributed by atoms with Gasteiger partial charge in [0.25, 0.3) is 0 Å². The van der Waals surface area contributed by atoms with Crippen LogP contribution in [0.25, 0.3) is 11.3 Å². The summed E-state index contributed by atoms with van der Waals surface area (Å²) >= 11 is 0. The van der Waals surface area contributed by atoms with E-state index in [2.05, 4.69) is 15.4 Å². The monoisotopic (exact) mass is 249 g/mol. The van der Waals surface area contributed by atoms with Gasteiger partial charge >= 0.3 is 0 Å². The van der Waals surface area contributed by atoms with Crippen molar-refractivity contribution in [3.8, 4) is 11.3 Å². The van der Waals surface area contributed by atoms with E-state index in [1.807, 2.05) is 32.0 Å². The van der Waals surface area contributed by atoms with Crippen LogP contribution in [0.2, 0.25) is 0 Å². The van der Waals surface area contributed by atoms with Crippen molar-refractivity contribution in [1.82, 2.24) is 15.4 Å². The Morgan fingerprint density at radius 3 is 2.22 bits per heavy atom. The summed E-state index contributed by atoms with van der Waals surface area (Å²) in [5.41, 5.74) is 0.986. The Bertz CT molecular complexity index is 476. The summed E-state index contributed by atoms with van der Waals surface area (Å²) in [6.45, 7) is 3.76. The summed E-state index contributed by atoms with van der Waals surface area (Å²) in [6.07, 6.45) is 1.38. The molecule has 96 valence electrons. The topological polar surface area (TPSA) is 58.6 Å². The standard InChI is InChI=1S/C8H6FN3.C5H10O/c9-8-7(10-12-11-8)6-4-2-1-3-5-6;1-3-5(6)4-2/h1-5H,(H,10,11,12);3-4H2,1-2H3. The highest BCUT2D eigenvalue weighted by atomic mass is 19.1. The number of hydrogen-bond acceptors (Lipinski definition) is 3. The van der Waals surface area contributed by atoms with Gasteiger partial charge in [-0.1, -0.05) is 49.4 Å². The number of nitrogens with zero attached hydrogens (tertiary/aromatic N) is 2. The van der Waals surface area contributed by atoms with Crippen LogP contribution in [0.4, 0.5) is 4.39 Å². The molecule has 1 aromatic heterocycles. The third-order valence-electron chi connectivity index (χ3n) is 2.34. The summed E-state index contributed by atoms with van der Waals surface area (Å²) < 4.78 is 12.9.